The molecule has 0 unspecified atom stereocenters. The maximum atomic E-state index is 13.6. The van der Waals surface area contributed by atoms with Crippen LogP contribution in [0.4, 0.5) is 17.6 Å². The third-order valence-corrected chi connectivity index (χ3v) is 3.39. The van der Waals surface area contributed by atoms with Crippen molar-refractivity contribution in [2.24, 2.45) is 0 Å². The maximum absolute atomic E-state index is 13.6. The topological polar surface area (TPSA) is 57.5 Å². The van der Waals surface area contributed by atoms with Crippen molar-refractivity contribution in [3.8, 4) is 0 Å². The molecule has 3 nitrogen and oxygen atoms in total. The van der Waals surface area contributed by atoms with Gasteiger partial charge in [0.15, 0.2) is 0 Å². The first-order valence-electron chi connectivity index (χ1n) is 5.45. The Bertz CT molecular complexity index is 518. The van der Waals surface area contributed by atoms with Gasteiger partial charge in [0.05, 0.1) is 11.7 Å². The smallest absolute Gasteiger partial charge is 0.416 e. The minimum atomic E-state index is -4.68. The highest BCUT2D eigenvalue weighted by Gasteiger charge is 2.53. The van der Waals surface area contributed by atoms with Crippen molar-refractivity contribution in [1.82, 2.24) is 0 Å². The molecular formula is C12H10F4O3. The lowest BCUT2D eigenvalue weighted by Gasteiger charge is -2.42. The van der Waals surface area contributed by atoms with Gasteiger partial charge in [-0.3, -0.25) is 4.79 Å². The van der Waals surface area contributed by atoms with E-state index in [9.17, 15) is 27.5 Å². The number of aliphatic hydroxyl groups is 1. The summed E-state index contributed by atoms with van der Waals surface area (Å²) in [6, 6.07) is 1.67. The molecule has 1 fully saturated rings. The molecule has 0 amide bonds. The molecule has 0 bridgehead atoms. The van der Waals surface area contributed by atoms with E-state index in [-0.39, 0.29) is 12.8 Å². The first kappa shape index (κ1) is 13.8. The Morgan fingerprint density at radius 2 is 1.89 bits per heavy atom. The molecule has 1 saturated carbocycles. The van der Waals surface area contributed by atoms with E-state index in [0.717, 1.165) is 0 Å². The highest BCUT2D eigenvalue weighted by molar-refractivity contribution is 5.83. The first-order chi connectivity index (χ1) is 8.67. The highest BCUT2D eigenvalue weighted by atomic mass is 19.4. The Morgan fingerprint density at radius 3 is 2.32 bits per heavy atom. The van der Waals surface area contributed by atoms with Gasteiger partial charge in [0, 0.05) is 5.56 Å². The first-order valence-corrected chi connectivity index (χ1v) is 5.45. The van der Waals surface area contributed by atoms with Crippen molar-refractivity contribution in [2.45, 2.75) is 30.5 Å². The van der Waals surface area contributed by atoms with E-state index >= 15 is 0 Å². The molecule has 104 valence electrons. The van der Waals surface area contributed by atoms with Crippen LogP contribution < -0.4 is 0 Å². The quantitative estimate of drug-likeness (QED) is 0.816. The molecule has 1 aliphatic carbocycles. The minimum absolute atomic E-state index is 0.291. The number of carbonyl (C=O) groups is 1. The summed E-state index contributed by atoms with van der Waals surface area (Å²) in [5.41, 5.74) is -3.41. The fourth-order valence-corrected chi connectivity index (χ4v) is 2.32. The molecule has 0 heterocycles. The van der Waals surface area contributed by atoms with Crippen LogP contribution in [0.15, 0.2) is 18.2 Å². The molecule has 19 heavy (non-hydrogen) atoms. The molecule has 2 rings (SSSR count). The summed E-state index contributed by atoms with van der Waals surface area (Å²) in [4.78, 5) is 11.2. The van der Waals surface area contributed by atoms with Gasteiger partial charge in [0.25, 0.3) is 0 Å². The Kier molecular flexibility index (Phi) is 3.04. The molecule has 0 radical (unpaired) electrons. The summed E-state index contributed by atoms with van der Waals surface area (Å²) >= 11 is 0. The van der Waals surface area contributed by atoms with Gasteiger partial charge in [0.1, 0.15) is 11.2 Å². The van der Waals surface area contributed by atoms with Crippen LogP contribution in [0, 0.1) is 5.82 Å². The number of rotatable bonds is 2. The number of carboxylic acids is 1. The van der Waals surface area contributed by atoms with Crippen LogP contribution in [-0.4, -0.2) is 22.3 Å². The SMILES string of the molecule is O=C(O)C1(c2cc(C(F)(F)F)ccc2F)CC(O)C1. The lowest BCUT2D eigenvalue weighted by atomic mass is 9.62. The number of carboxylic acid groups (broad SMARTS) is 1. The lowest BCUT2D eigenvalue weighted by Crippen LogP contribution is -2.51. The van der Waals surface area contributed by atoms with E-state index in [4.69, 9.17) is 5.11 Å². The van der Waals surface area contributed by atoms with E-state index in [0.29, 0.717) is 18.2 Å². The van der Waals surface area contributed by atoms with Crippen molar-refractivity contribution in [3.05, 3.63) is 35.1 Å². The summed E-state index contributed by atoms with van der Waals surface area (Å²) in [6.07, 6.45) is -6.20. The van der Waals surface area contributed by atoms with Crippen molar-refractivity contribution in [2.75, 3.05) is 0 Å². The normalized spacial score (nSPS) is 26.9. The molecule has 0 atom stereocenters. The van der Waals surface area contributed by atoms with Crippen molar-refractivity contribution >= 4 is 5.97 Å². The zero-order valence-corrected chi connectivity index (χ0v) is 9.54. The van der Waals surface area contributed by atoms with E-state index in [1.54, 1.807) is 0 Å². The van der Waals surface area contributed by atoms with Crippen LogP contribution in [0.5, 0.6) is 0 Å². The summed E-state index contributed by atoms with van der Waals surface area (Å²) in [5.74, 6) is -2.45. The Balaban J connectivity index is 2.52. The van der Waals surface area contributed by atoms with Crippen LogP contribution in [0.2, 0.25) is 0 Å². The zero-order chi connectivity index (χ0) is 14.4. The third kappa shape index (κ3) is 2.18. The Hall–Kier alpha value is -1.63. The van der Waals surface area contributed by atoms with Crippen LogP contribution in [-0.2, 0) is 16.4 Å². The van der Waals surface area contributed by atoms with Gasteiger partial charge < -0.3 is 10.2 Å². The summed E-state index contributed by atoms with van der Waals surface area (Å²) in [7, 11) is 0. The molecule has 1 aliphatic rings. The molecule has 0 saturated heterocycles. The second kappa shape index (κ2) is 4.19. The van der Waals surface area contributed by atoms with Gasteiger partial charge in [-0.15, -0.1) is 0 Å². The number of hydrogen-bond donors (Lipinski definition) is 2. The number of benzene rings is 1. The predicted molar refractivity (Wildman–Crippen MR) is 56.0 cm³/mol. The maximum Gasteiger partial charge on any atom is 0.416 e. The average molecular weight is 278 g/mol. The van der Waals surface area contributed by atoms with E-state index in [2.05, 4.69) is 0 Å². The van der Waals surface area contributed by atoms with Gasteiger partial charge in [-0.25, -0.2) is 4.39 Å². The van der Waals surface area contributed by atoms with Crippen molar-refractivity contribution in [1.29, 1.82) is 0 Å². The Morgan fingerprint density at radius 1 is 1.32 bits per heavy atom. The summed E-state index contributed by atoms with van der Waals surface area (Å²) < 4.78 is 51.4. The Labute approximate surface area is 105 Å². The van der Waals surface area contributed by atoms with Gasteiger partial charge in [-0.1, -0.05) is 0 Å². The van der Waals surface area contributed by atoms with Crippen LogP contribution in [0.3, 0.4) is 0 Å². The van der Waals surface area contributed by atoms with Crippen LogP contribution in [0.1, 0.15) is 24.0 Å². The van der Waals surface area contributed by atoms with Crippen LogP contribution >= 0.6 is 0 Å². The predicted octanol–water partition coefficient (Wildman–Crippen LogP) is 2.32. The van der Waals surface area contributed by atoms with Crippen molar-refractivity contribution < 1.29 is 32.6 Å². The molecule has 2 N–H and O–H groups in total. The molecular weight excluding hydrogens is 268 g/mol. The number of hydrogen-bond acceptors (Lipinski definition) is 2. The number of alkyl halides is 3. The monoisotopic (exact) mass is 278 g/mol. The number of aliphatic hydroxyl groups excluding tert-OH is 1. The van der Waals surface area contributed by atoms with Gasteiger partial charge in [0.2, 0.25) is 0 Å². The number of aliphatic carboxylic acids is 1. The van der Waals surface area contributed by atoms with Crippen LogP contribution in [0.25, 0.3) is 0 Å². The molecule has 0 aromatic heterocycles. The van der Waals surface area contributed by atoms with Gasteiger partial charge >= 0.3 is 12.1 Å². The largest absolute Gasteiger partial charge is 0.481 e. The van der Waals surface area contributed by atoms with Gasteiger partial charge in [-0.2, -0.15) is 13.2 Å². The standard InChI is InChI=1S/C12H10F4O3/c13-9-2-1-6(12(14,15)16)3-8(9)11(10(18)19)4-7(17)5-11/h1-3,7,17H,4-5H2,(H,18,19). The van der Waals surface area contributed by atoms with Crippen molar-refractivity contribution in [3.63, 3.8) is 0 Å². The number of halogens is 4. The van der Waals surface area contributed by atoms with E-state index in [1.807, 2.05) is 0 Å². The van der Waals surface area contributed by atoms with E-state index in [1.165, 1.54) is 0 Å². The summed E-state index contributed by atoms with van der Waals surface area (Å²) in [6.45, 7) is 0. The molecule has 7 heteroatoms. The molecule has 1 aromatic carbocycles. The fraction of sp³-hybridized carbons (Fsp3) is 0.417. The molecule has 1 aromatic rings. The summed E-state index contributed by atoms with van der Waals surface area (Å²) in [5, 5.41) is 18.3. The lowest BCUT2D eigenvalue weighted by molar-refractivity contribution is -0.153. The third-order valence-electron chi connectivity index (χ3n) is 3.39. The average Bonchev–Trinajstić information content (AvgIpc) is 2.23. The second-order valence-corrected chi connectivity index (χ2v) is 4.64. The van der Waals surface area contributed by atoms with E-state index < -0.39 is 40.6 Å². The molecule has 0 aliphatic heterocycles. The minimum Gasteiger partial charge on any atom is -0.481 e. The van der Waals surface area contributed by atoms with Gasteiger partial charge in [-0.05, 0) is 31.0 Å². The highest BCUT2D eigenvalue weighted by Crippen LogP contribution is 2.46. The second-order valence-electron chi connectivity index (χ2n) is 4.64. The molecule has 0 spiro atoms. The fourth-order valence-electron chi connectivity index (χ4n) is 2.32. The zero-order valence-electron chi connectivity index (χ0n) is 9.54.